The molecule has 0 saturated heterocycles. The molecule has 114 valence electrons. The molecule has 0 saturated carbocycles. The van der Waals surface area contributed by atoms with E-state index in [2.05, 4.69) is 0 Å². The van der Waals surface area contributed by atoms with Crippen LogP contribution in [0, 0.1) is 0 Å². The fourth-order valence-electron chi connectivity index (χ4n) is 2.53. The minimum Gasteiger partial charge on any atom is -0.341 e. The number of carbonyl (C=O) groups is 2. The van der Waals surface area contributed by atoms with Gasteiger partial charge in [-0.2, -0.15) is 13.2 Å². The number of aldehydes is 1. The van der Waals surface area contributed by atoms with Crippen molar-refractivity contribution in [2.45, 2.75) is 12.7 Å². The van der Waals surface area contributed by atoms with Crippen LogP contribution in [0.1, 0.15) is 26.4 Å². The number of fused-ring (bicyclic) bond motifs is 1. The number of hydrogen-bond acceptors (Lipinski definition) is 2. The first-order valence-electron chi connectivity index (χ1n) is 6.55. The Morgan fingerprint density at radius 1 is 1.05 bits per heavy atom. The Morgan fingerprint density at radius 3 is 2.32 bits per heavy atom. The standard InChI is InChI=1S/C15H11F3N2O2/c16-15(17,18)11-1-3-12(4-2-11)20-8-7-19-6-5-10(9-21)13(19)14(20)22/h1-6,9H,7-8H2. The van der Waals surface area contributed by atoms with Crippen LogP contribution in [0.15, 0.2) is 36.5 Å². The average molecular weight is 308 g/mol. The molecule has 0 N–H and O–H groups in total. The summed E-state index contributed by atoms with van der Waals surface area (Å²) in [6, 6.07) is 5.96. The highest BCUT2D eigenvalue weighted by molar-refractivity contribution is 6.09. The van der Waals surface area contributed by atoms with Crippen molar-refractivity contribution in [1.29, 1.82) is 0 Å². The van der Waals surface area contributed by atoms with E-state index in [4.69, 9.17) is 0 Å². The van der Waals surface area contributed by atoms with E-state index < -0.39 is 17.6 Å². The molecule has 3 rings (SSSR count). The molecule has 4 nitrogen and oxygen atoms in total. The third-order valence-electron chi connectivity index (χ3n) is 3.64. The second-order valence-corrected chi connectivity index (χ2v) is 4.93. The van der Waals surface area contributed by atoms with Crippen LogP contribution < -0.4 is 4.90 Å². The Morgan fingerprint density at radius 2 is 1.73 bits per heavy atom. The maximum absolute atomic E-state index is 12.6. The lowest BCUT2D eigenvalue weighted by atomic mass is 10.1. The predicted molar refractivity (Wildman–Crippen MR) is 72.9 cm³/mol. The molecule has 1 aromatic carbocycles. The number of hydrogen-bond donors (Lipinski definition) is 0. The van der Waals surface area contributed by atoms with Crippen molar-refractivity contribution in [3.05, 3.63) is 53.3 Å². The molecule has 0 radical (unpaired) electrons. The van der Waals surface area contributed by atoms with Gasteiger partial charge in [0.1, 0.15) is 5.69 Å². The smallest absolute Gasteiger partial charge is 0.341 e. The van der Waals surface area contributed by atoms with Crippen LogP contribution in [0.2, 0.25) is 0 Å². The van der Waals surface area contributed by atoms with E-state index in [0.717, 1.165) is 12.1 Å². The van der Waals surface area contributed by atoms with Gasteiger partial charge in [0.15, 0.2) is 6.29 Å². The third kappa shape index (κ3) is 2.28. The molecule has 0 bridgehead atoms. The van der Waals surface area contributed by atoms with E-state index in [1.807, 2.05) is 0 Å². The Balaban J connectivity index is 1.93. The predicted octanol–water partition coefficient (Wildman–Crippen LogP) is 2.98. The molecule has 0 spiro atoms. The molecule has 1 aliphatic heterocycles. The number of alkyl halides is 3. The Kier molecular flexibility index (Phi) is 3.27. The van der Waals surface area contributed by atoms with Gasteiger partial charge in [0, 0.05) is 30.5 Å². The van der Waals surface area contributed by atoms with E-state index in [1.165, 1.54) is 17.0 Å². The fourth-order valence-corrected chi connectivity index (χ4v) is 2.53. The lowest BCUT2D eigenvalue weighted by molar-refractivity contribution is -0.137. The van der Waals surface area contributed by atoms with Crippen LogP contribution in [0.3, 0.4) is 0 Å². The molecule has 1 amide bonds. The molecule has 0 atom stereocenters. The third-order valence-corrected chi connectivity index (χ3v) is 3.64. The van der Waals surface area contributed by atoms with Crippen LogP contribution in [0.5, 0.6) is 0 Å². The van der Waals surface area contributed by atoms with Gasteiger partial charge in [-0.3, -0.25) is 9.59 Å². The molecule has 2 aromatic rings. The van der Waals surface area contributed by atoms with E-state index in [0.29, 0.717) is 25.1 Å². The van der Waals surface area contributed by atoms with Gasteiger partial charge in [-0.25, -0.2) is 0 Å². The number of halogens is 3. The Bertz CT molecular complexity index is 732. The molecule has 22 heavy (non-hydrogen) atoms. The lowest BCUT2D eigenvalue weighted by Crippen LogP contribution is -2.40. The first-order valence-corrected chi connectivity index (χ1v) is 6.55. The van der Waals surface area contributed by atoms with Crippen molar-refractivity contribution in [2.24, 2.45) is 0 Å². The number of benzene rings is 1. The number of anilines is 1. The normalized spacial score (nSPS) is 14.9. The summed E-state index contributed by atoms with van der Waals surface area (Å²) in [5, 5.41) is 0. The van der Waals surface area contributed by atoms with E-state index in [9.17, 15) is 22.8 Å². The second kappa shape index (κ2) is 5.01. The zero-order valence-corrected chi connectivity index (χ0v) is 11.3. The van der Waals surface area contributed by atoms with Crippen molar-refractivity contribution < 1.29 is 22.8 Å². The van der Waals surface area contributed by atoms with Gasteiger partial charge in [-0.1, -0.05) is 0 Å². The molecular weight excluding hydrogens is 297 g/mol. The highest BCUT2D eigenvalue weighted by Gasteiger charge is 2.32. The van der Waals surface area contributed by atoms with Gasteiger partial charge in [-0.05, 0) is 30.3 Å². The van der Waals surface area contributed by atoms with Crippen molar-refractivity contribution in [3.8, 4) is 0 Å². The Hall–Kier alpha value is -2.57. The van der Waals surface area contributed by atoms with Crippen molar-refractivity contribution in [1.82, 2.24) is 4.57 Å². The molecule has 0 aliphatic carbocycles. The maximum atomic E-state index is 12.6. The average Bonchev–Trinajstić information content (AvgIpc) is 2.91. The highest BCUT2D eigenvalue weighted by Crippen LogP contribution is 2.31. The summed E-state index contributed by atoms with van der Waals surface area (Å²) in [6.07, 6.45) is -2.16. The lowest BCUT2D eigenvalue weighted by Gasteiger charge is -2.29. The van der Waals surface area contributed by atoms with Gasteiger partial charge < -0.3 is 9.47 Å². The highest BCUT2D eigenvalue weighted by atomic mass is 19.4. The monoisotopic (exact) mass is 308 g/mol. The molecule has 2 heterocycles. The van der Waals surface area contributed by atoms with Crippen LogP contribution in [-0.4, -0.2) is 23.3 Å². The minimum absolute atomic E-state index is 0.265. The number of nitrogens with zero attached hydrogens (tertiary/aromatic N) is 2. The summed E-state index contributed by atoms with van der Waals surface area (Å²) in [6.45, 7) is 0.820. The summed E-state index contributed by atoms with van der Waals surface area (Å²) in [7, 11) is 0. The maximum Gasteiger partial charge on any atom is 0.416 e. The molecule has 0 fully saturated rings. The van der Waals surface area contributed by atoms with Gasteiger partial charge >= 0.3 is 6.18 Å². The van der Waals surface area contributed by atoms with Gasteiger partial charge in [0.05, 0.1) is 5.56 Å². The van der Waals surface area contributed by atoms with Crippen molar-refractivity contribution in [2.75, 3.05) is 11.4 Å². The number of carbonyl (C=O) groups excluding carboxylic acids is 2. The summed E-state index contributed by atoms with van der Waals surface area (Å²) in [5.41, 5.74) is 0.155. The Labute approximate surface area is 123 Å². The summed E-state index contributed by atoms with van der Waals surface area (Å²) in [5.74, 6) is -0.391. The first-order chi connectivity index (χ1) is 10.4. The van der Waals surface area contributed by atoms with E-state index in [1.54, 1.807) is 16.8 Å². The fraction of sp³-hybridized carbons (Fsp3) is 0.200. The summed E-state index contributed by atoms with van der Waals surface area (Å²) >= 11 is 0. The zero-order valence-electron chi connectivity index (χ0n) is 11.3. The first kappa shape index (κ1) is 14.4. The summed E-state index contributed by atoms with van der Waals surface area (Å²) in [4.78, 5) is 24.8. The molecule has 0 unspecified atom stereocenters. The molecule has 1 aliphatic rings. The van der Waals surface area contributed by atoms with E-state index >= 15 is 0 Å². The SMILES string of the molecule is O=Cc1ccn2c1C(=O)N(c1ccc(C(F)(F)F)cc1)CC2. The molecule has 1 aromatic heterocycles. The van der Waals surface area contributed by atoms with E-state index in [-0.39, 0.29) is 11.3 Å². The summed E-state index contributed by atoms with van der Waals surface area (Å²) < 4.78 is 39.4. The van der Waals surface area contributed by atoms with Crippen molar-refractivity contribution >= 4 is 17.9 Å². The van der Waals surface area contributed by atoms with Crippen LogP contribution >= 0.6 is 0 Å². The number of aromatic nitrogens is 1. The largest absolute Gasteiger partial charge is 0.416 e. The van der Waals surface area contributed by atoms with Crippen LogP contribution in [0.25, 0.3) is 0 Å². The van der Waals surface area contributed by atoms with Gasteiger partial charge in [0.25, 0.3) is 5.91 Å². The van der Waals surface area contributed by atoms with Gasteiger partial charge in [0.2, 0.25) is 0 Å². The van der Waals surface area contributed by atoms with Crippen LogP contribution in [0.4, 0.5) is 18.9 Å². The minimum atomic E-state index is -4.41. The second-order valence-electron chi connectivity index (χ2n) is 4.93. The topological polar surface area (TPSA) is 42.3 Å². The number of amides is 1. The van der Waals surface area contributed by atoms with Gasteiger partial charge in [-0.15, -0.1) is 0 Å². The quantitative estimate of drug-likeness (QED) is 0.800. The zero-order chi connectivity index (χ0) is 15.9. The molecular formula is C15H11F3N2O2. The van der Waals surface area contributed by atoms with Crippen LogP contribution in [-0.2, 0) is 12.7 Å². The molecule has 7 heteroatoms. The number of rotatable bonds is 2. The van der Waals surface area contributed by atoms with Crippen molar-refractivity contribution in [3.63, 3.8) is 0 Å².